The van der Waals surface area contributed by atoms with Gasteiger partial charge in [0.2, 0.25) is 15.9 Å². The monoisotopic (exact) mass is 421 g/mol. The van der Waals surface area contributed by atoms with E-state index in [1.807, 2.05) is 6.92 Å². The maximum atomic E-state index is 12.1. The highest BCUT2D eigenvalue weighted by molar-refractivity contribution is 7.89. The van der Waals surface area contributed by atoms with E-state index in [1.54, 1.807) is 30.5 Å². The molecule has 0 aliphatic heterocycles. The zero-order valence-corrected chi connectivity index (χ0v) is 18.8. The topological polar surface area (TPSA) is 99.8 Å². The Hall–Kier alpha value is -2.39. The lowest BCUT2D eigenvalue weighted by molar-refractivity contribution is 0.379. The number of guanidine groups is 1. The van der Waals surface area contributed by atoms with Crippen LogP contribution in [0.1, 0.15) is 44.9 Å². The van der Waals surface area contributed by atoms with E-state index in [1.165, 1.54) is 18.4 Å². The molecule has 2 aromatic rings. The smallest absolute Gasteiger partial charge is 0.242 e. The quantitative estimate of drug-likeness (QED) is 0.526. The molecule has 8 nitrogen and oxygen atoms in total. The number of rotatable bonds is 7. The number of nitrogens with one attached hydrogen (secondary N) is 2. The summed E-state index contributed by atoms with van der Waals surface area (Å²) in [4.78, 5) is 9.12. The van der Waals surface area contributed by atoms with Crippen LogP contribution in [-0.4, -0.2) is 44.3 Å². The number of aromatic nitrogens is 1. The highest BCUT2D eigenvalue weighted by Crippen LogP contribution is 2.22. The van der Waals surface area contributed by atoms with Crippen molar-refractivity contribution in [2.75, 3.05) is 20.6 Å². The molecule has 0 atom stereocenters. The Morgan fingerprint density at radius 1 is 1.17 bits per heavy atom. The third kappa shape index (κ3) is 6.30. The fraction of sp³-hybridized carbons (Fsp3) is 0.500. The van der Waals surface area contributed by atoms with E-state index in [-0.39, 0.29) is 10.3 Å². The molecule has 0 fully saturated rings. The Balaban J connectivity index is 2.02. The first-order valence-corrected chi connectivity index (χ1v) is 11.0. The van der Waals surface area contributed by atoms with Crippen molar-refractivity contribution in [1.29, 1.82) is 0 Å². The minimum Gasteiger partial charge on any atom is -0.443 e. The normalized spacial score (nSPS) is 13.0. The van der Waals surface area contributed by atoms with Gasteiger partial charge in [-0.1, -0.05) is 32.9 Å². The second kappa shape index (κ2) is 9.41. The van der Waals surface area contributed by atoms with Crippen molar-refractivity contribution in [2.45, 2.75) is 51.1 Å². The molecule has 160 valence electrons. The van der Waals surface area contributed by atoms with E-state index in [2.05, 4.69) is 41.4 Å². The van der Waals surface area contributed by atoms with Crippen LogP contribution in [0.25, 0.3) is 0 Å². The molecule has 0 saturated heterocycles. The van der Waals surface area contributed by atoms with Gasteiger partial charge in [-0.15, -0.1) is 0 Å². The highest BCUT2D eigenvalue weighted by Gasteiger charge is 2.19. The predicted octanol–water partition coefficient (Wildman–Crippen LogP) is 2.48. The summed E-state index contributed by atoms with van der Waals surface area (Å²) in [5.74, 6) is 2.07. The van der Waals surface area contributed by atoms with Crippen LogP contribution < -0.4 is 10.6 Å². The summed E-state index contributed by atoms with van der Waals surface area (Å²) in [5, 5.41) is 6.38. The van der Waals surface area contributed by atoms with Crippen molar-refractivity contribution in [1.82, 2.24) is 19.9 Å². The second-order valence-corrected chi connectivity index (χ2v) is 10.0. The molecule has 0 unspecified atom stereocenters. The molecular formula is C20H31N5O3S. The van der Waals surface area contributed by atoms with E-state index in [0.29, 0.717) is 31.5 Å². The van der Waals surface area contributed by atoms with Gasteiger partial charge in [-0.3, -0.25) is 0 Å². The van der Waals surface area contributed by atoms with Crippen LogP contribution in [0.3, 0.4) is 0 Å². The van der Waals surface area contributed by atoms with Crippen LogP contribution in [0, 0.1) is 0 Å². The van der Waals surface area contributed by atoms with Crippen molar-refractivity contribution >= 4 is 16.0 Å². The van der Waals surface area contributed by atoms with Gasteiger partial charge >= 0.3 is 0 Å². The molecule has 0 bridgehead atoms. The summed E-state index contributed by atoms with van der Waals surface area (Å²) in [7, 11) is -0.398. The molecule has 2 N–H and O–H groups in total. The Kier molecular flexibility index (Phi) is 7.43. The fourth-order valence-electron chi connectivity index (χ4n) is 2.39. The van der Waals surface area contributed by atoms with Gasteiger partial charge in [-0.2, -0.15) is 0 Å². The average molecular weight is 422 g/mol. The van der Waals surface area contributed by atoms with Crippen molar-refractivity contribution in [3.63, 3.8) is 0 Å². The van der Waals surface area contributed by atoms with Gasteiger partial charge in [0.05, 0.1) is 24.2 Å². The average Bonchev–Trinajstić information content (AvgIpc) is 3.14. The lowest BCUT2D eigenvalue weighted by atomic mass is 9.94. The number of aliphatic imine (C=N–C) groups is 1. The molecule has 29 heavy (non-hydrogen) atoms. The maximum Gasteiger partial charge on any atom is 0.242 e. The lowest BCUT2D eigenvalue weighted by Crippen LogP contribution is -2.36. The van der Waals surface area contributed by atoms with Gasteiger partial charge in [0.1, 0.15) is 5.76 Å². The molecule has 2 rings (SSSR count). The van der Waals surface area contributed by atoms with Crippen molar-refractivity contribution in [2.24, 2.45) is 4.99 Å². The minimum atomic E-state index is -3.43. The summed E-state index contributed by atoms with van der Waals surface area (Å²) >= 11 is 0. The van der Waals surface area contributed by atoms with Gasteiger partial charge in [0.25, 0.3) is 0 Å². The third-order valence-electron chi connectivity index (χ3n) is 4.17. The summed E-state index contributed by atoms with van der Waals surface area (Å²) in [5.41, 5.74) is 0.821. The highest BCUT2D eigenvalue weighted by atomic mass is 32.2. The maximum absolute atomic E-state index is 12.1. The second-order valence-electron chi connectivity index (χ2n) is 7.85. The lowest BCUT2D eigenvalue weighted by Gasteiger charge is -2.13. The van der Waals surface area contributed by atoms with Crippen LogP contribution in [-0.2, 0) is 28.5 Å². The van der Waals surface area contributed by atoms with Crippen LogP contribution in [0.4, 0.5) is 0 Å². The number of sulfonamides is 1. The summed E-state index contributed by atoms with van der Waals surface area (Å²) in [6.07, 6.45) is 1.75. The Morgan fingerprint density at radius 3 is 2.34 bits per heavy atom. The Morgan fingerprint density at radius 2 is 1.83 bits per heavy atom. The molecule has 1 aromatic heterocycles. The zero-order chi connectivity index (χ0) is 21.7. The first-order valence-electron chi connectivity index (χ1n) is 9.53. The summed E-state index contributed by atoms with van der Waals surface area (Å²) in [6, 6.07) is 6.74. The molecular weight excluding hydrogens is 390 g/mol. The minimum absolute atomic E-state index is 0.0872. The molecule has 0 amide bonds. The summed E-state index contributed by atoms with van der Waals surface area (Å²) < 4.78 is 31.3. The van der Waals surface area contributed by atoms with Gasteiger partial charge in [0, 0.05) is 26.1 Å². The first kappa shape index (κ1) is 22.9. The van der Waals surface area contributed by atoms with Crippen molar-refractivity contribution < 1.29 is 12.8 Å². The fourth-order valence-corrected chi connectivity index (χ4v) is 3.29. The van der Waals surface area contributed by atoms with Crippen LogP contribution in [0.15, 0.2) is 44.8 Å². The van der Waals surface area contributed by atoms with Crippen molar-refractivity contribution in [3.05, 3.63) is 47.7 Å². The number of benzene rings is 1. The Labute approximate surface area is 173 Å². The molecule has 1 aromatic carbocycles. The van der Waals surface area contributed by atoms with Crippen molar-refractivity contribution in [3.8, 4) is 0 Å². The van der Waals surface area contributed by atoms with E-state index < -0.39 is 10.0 Å². The standard InChI is InChI=1S/C20H31N5O3S/c1-7-21-19(24-14-18-22-13-17(28-18)20(2,3)4)23-12-15-8-10-16(11-9-15)29(26,27)25(5)6/h8-11,13H,7,12,14H2,1-6H3,(H2,21,23,24). The van der Waals surface area contributed by atoms with Gasteiger partial charge in [-0.05, 0) is 24.6 Å². The van der Waals surface area contributed by atoms with Gasteiger partial charge in [-0.25, -0.2) is 22.7 Å². The van der Waals surface area contributed by atoms with Gasteiger partial charge in [0.15, 0.2) is 5.96 Å². The van der Waals surface area contributed by atoms with Crippen LogP contribution >= 0.6 is 0 Å². The largest absolute Gasteiger partial charge is 0.443 e. The SMILES string of the molecule is CCNC(=NCc1ccc(S(=O)(=O)N(C)C)cc1)NCc1ncc(C(C)(C)C)o1. The molecule has 0 saturated carbocycles. The predicted molar refractivity (Wildman–Crippen MR) is 114 cm³/mol. The molecule has 0 radical (unpaired) electrons. The van der Waals surface area contributed by atoms with E-state index >= 15 is 0 Å². The number of hydrogen-bond donors (Lipinski definition) is 2. The number of hydrogen-bond acceptors (Lipinski definition) is 5. The molecule has 0 aliphatic rings. The molecule has 9 heteroatoms. The zero-order valence-electron chi connectivity index (χ0n) is 18.0. The van der Waals surface area contributed by atoms with E-state index in [4.69, 9.17) is 4.42 Å². The van der Waals surface area contributed by atoms with E-state index in [0.717, 1.165) is 11.3 Å². The molecule has 1 heterocycles. The van der Waals surface area contributed by atoms with E-state index in [9.17, 15) is 8.42 Å². The summed E-state index contributed by atoms with van der Waals surface area (Å²) in [6.45, 7) is 9.76. The third-order valence-corrected chi connectivity index (χ3v) is 6.00. The molecule has 0 spiro atoms. The first-order chi connectivity index (χ1) is 13.5. The van der Waals surface area contributed by atoms with Crippen LogP contribution in [0.2, 0.25) is 0 Å². The Bertz CT molecular complexity index is 926. The number of oxazole rings is 1. The number of nitrogens with zero attached hydrogens (tertiary/aromatic N) is 3. The van der Waals surface area contributed by atoms with Crippen LogP contribution in [0.5, 0.6) is 0 Å². The van der Waals surface area contributed by atoms with Gasteiger partial charge < -0.3 is 15.1 Å². The molecule has 0 aliphatic carbocycles.